The van der Waals surface area contributed by atoms with E-state index >= 15 is 0 Å². The van der Waals surface area contributed by atoms with Gasteiger partial charge in [0.2, 0.25) is 0 Å². The summed E-state index contributed by atoms with van der Waals surface area (Å²) in [6.07, 6.45) is 1.81. The summed E-state index contributed by atoms with van der Waals surface area (Å²) < 4.78 is 5.34. The molecule has 1 unspecified atom stereocenters. The van der Waals surface area contributed by atoms with Crippen LogP contribution in [-0.2, 0) is 9.53 Å². The molecule has 2 heterocycles. The van der Waals surface area contributed by atoms with Crippen molar-refractivity contribution in [1.82, 2.24) is 10.3 Å². The number of hydrogen-bond acceptors (Lipinski definition) is 5. The van der Waals surface area contributed by atoms with Gasteiger partial charge in [-0.1, -0.05) is 0 Å². The second kappa shape index (κ2) is 5.05. The lowest BCUT2D eigenvalue weighted by molar-refractivity contribution is -0.142. The molecule has 0 aliphatic carbocycles. The van der Waals surface area contributed by atoms with Crippen LogP contribution in [0.25, 0.3) is 0 Å². The van der Waals surface area contributed by atoms with E-state index < -0.39 is 23.2 Å². The lowest BCUT2D eigenvalue weighted by atomic mass is 9.92. The molecule has 0 aromatic heterocycles. The molecule has 2 N–H and O–H groups in total. The summed E-state index contributed by atoms with van der Waals surface area (Å²) in [5.41, 5.74) is 2.42. The first-order valence-corrected chi connectivity index (χ1v) is 6.88. The summed E-state index contributed by atoms with van der Waals surface area (Å²) in [5.74, 6) is -1.01. The third-order valence-corrected chi connectivity index (χ3v) is 3.33. The van der Waals surface area contributed by atoms with Gasteiger partial charge in [0.1, 0.15) is 5.60 Å². The van der Waals surface area contributed by atoms with Gasteiger partial charge < -0.3 is 14.7 Å². The standard InChI is InChI=1S/C14H21N3O4/c1-13(2,3)21-12(20)17-6-5-10-9(8-17)7-14(4,11(18)19)16-15-10/h7,16H,5-6,8H2,1-4H3,(H,18,19). The first-order valence-electron chi connectivity index (χ1n) is 6.88. The minimum atomic E-state index is -1.24. The van der Waals surface area contributed by atoms with Gasteiger partial charge in [-0.05, 0) is 39.3 Å². The van der Waals surface area contributed by atoms with Crippen LogP contribution in [0.3, 0.4) is 0 Å². The lowest BCUT2D eigenvalue weighted by Crippen LogP contribution is -2.51. The highest BCUT2D eigenvalue weighted by molar-refractivity contribution is 6.04. The number of amides is 1. The topological polar surface area (TPSA) is 91.2 Å². The number of carboxylic acid groups (broad SMARTS) is 1. The highest BCUT2D eigenvalue weighted by Gasteiger charge is 2.37. The molecule has 0 bridgehead atoms. The molecule has 0 aromatic carbocycles. The molecule has 2 rings (SSSR count). The van der Waals surface area contributed by atoms with Crippen molar-refractivity contribution in [1.29, 1.82) is 0 Å². The van der Waals surface area contributed by atoms with Gasteiger partial charge in [0.25, 0.3) is 0 Å². The number of nitrogens with one attached hydrogen (secondary N) is 1. The number of nitrogens with zero attached hydrogens (tertiary/aromatic N) is 2. The molecule has 21 heavy (non-hydrogen) atoms. The van der Waals surface area contributed by atoms with Gasteiger partial charge in [0.05, 0.1) is 12.3 Å². The molecule has 2 aliphatic heterocycles. The van der Waals surface area contributed by atoms with Crippen molar-refractivity contribution in [2.24, 2.45) is 5.10 Å². The van der Waals surface area contributed by atoms with E-state index in [1.807, 2.05) is 20.8 Å². The van der Waals surface area contributed by atoms with Crippen LogP contribution in [0.5, 0.6) is 0 Å². The fraction of sp³-hybridized carbons (Fsp3) is 0.643. The monoisotopic (exact) mass is 295 g/mol. The number of aliphatic carboxylic acids is 1. The Kier molecular flexibility index (Phi) is 3.69. The molecular weight excluding hydrogens is 274 g/mol. The first kappa shape index (κ1) is 15.3. The first-order chi connectivity index (χ1) is 9.61. The summed E-state index contributed by atoms with van der Waals surface area (Å²) in [4.78, 5) is 24.9. The maximum absolute atomic E-state index is 12.1. The van der Waals surface area contributed by atoms with Crippen LogP contribution in [0.2, 0.25) is 0 Å². The number of rotatable bonds is 1. The van der Waals surface area contributed by atoms with Crippen LogP contribution >= 0.6 is 0 Å². The van der Waals surface area contributed by atoms with Crippen molar-refractivity contribution in [3.63, 3.8) is 0 Å². The SMILES string of the molecule is CC(C)(C)OC(=O)N1CCC2=NNC(C)(C(=O)O)C=C2C1. The van der Waals surface area contributed by atoms with E-state index in [4.69, 9.17) is 4.74 Å². The van der Waals surface area contributed by atoms with Crippen LogP contribution in [0.15, 0.2) is 16.8 Å². The van der Waals surface area contributed by atoms with Gasteiger partial charge in [-0.25, -0.2) is 9.59 Å². The summed E-state index contributed by atoms with van der Waals surface area (Å²) in [7, 11) is 0. The zero-order valence-corrected chi connectivity index (χ0v) is 12.8. The van der Waals surface area contributed by atoms with E-state index in [2.05, 4.69) is 10.5 Å². The lowest BCUT2D eigenvalue weighted by Gasteiger charge is -2.35. The Bertz CT molecular complexity index is 533. The molecule has 7 nitrogen and oxygen atoms in total. The van der Waals surface area contributed by atoms with Crippen molar-refractivity contribution in [2.45, 2.75) is 45.3 Å². The van der Waals surface area contributed by atoms with E-state index in [1.165, 1.54) is 6.92 Å². The molecule has 1 saturated heterocycles. The number of fused-ring (bicyclic) bond motifs is 1. The van der Waals surface area contributed by atoms with Crippen molar-refractivity contribution >= 4 is 17.8 Å². The molecule has 1 fully saturated rings. The van der Waals surface area contributed by atoms with Crippen molar-refractivity contribution in [2.75, 3.05) is 13.1 Å². The Labute approximate surface area is 123 Å². The summed E-state index contributed by atoms with van der Waals surface area (Å²) in [6, 6.07) is 0. The second-order valence-electron chi connectivity index (χ2n) is 6.50. The average Bonchev–Trinajstić information content (AvgIpc) is 2.35. The Balaban J connectivity index is 2.14. The van der Waals surface area contributed by atoms with Crippen LogP contribution in [0.4, 0.5) is 4.79 Å². The van der Waals surface area contributed by atoms with E-state index in [9.17, 15) is 14.7 Å². The van der Waals surface area contributed by atoms with Gasteiger partial charge >= 0.3 is 12.1 Å². The molecule has 0 saturated carbocycles. The normalized spacial score (nSPS) is 25.2. The third-order valence-electron chi connectivity index (χ3n) is 3.33. The molecule has 1 atom stereocenters. The van der Waals surface area contributed by atoms with Gasteiger partial charge in [-0.15, -0.1) is 0 Å². The predicted octanol–water partition coefficient (Wildman–Crippen LogP) is 1.36. The number of hydrazone groups is 1. The Morgan fingerprint density at radius 3 is 2.71 bits per heavy atom. The van der Waals surface area contributed by atoms with E-state index in [0.717, 1.165) is 11.3 Å². The molecule has 0 aromatic rings. The Morgan fingerprint density at radius 2 is 2.14 bits per heavy atom. The highest BCUT2D eigenvalue weighted by atomic mass is 16.6. The Morgan fingerprint density at radius 1 is 1.48 bits per heavy atom. The van der Waals surface area contributed by atoms with Crippen LogP contribution in [0, 0.1) is 0 Å². The van der Waals surface area contributed by atoms with Crippen molar-refractivity contribution in [3.05, 3.63) is 11.6 Å². The fourth-order valence-electron chi connectivity index (χ4n) is 2.19. The zero-order valence-electron chi connectivity index (χ0n) is 12.8. The second-order valence-corrected chi connectivity index (χ2v) is 6.50. The van der Waals surface area contributed by atoms with Gasteiger partial charge in [0, 0.05) is 13.0 Å². The zero-order chi connectivity index (χ0) is 15.8. The molecule has 1 amide bonds. The van der Waals surface area contributed by atoms with Gasteiger partial charge in [-0.3, -0.25) is 5.43 Å². The smallest absolute Gasteiger partial charge is 0.410 e. The van der Waals surface area contributed by atoms with E-state index in [1.54, 1.807) is 11.0 Å². The quantitative estimate of drug-likeness (QED) is 0.762. The summed E-state index contributed by atoms with van der Waals surface area (Å²) in [5, 5.41) is 13.4. The van der Waals surface area contributed by atoms with E-state index in [0.29, 0.717) is 19.5 Å². The fourth-order valence-corrected chi connectivity index (χ4v) is 2.19. The third kappa shape index (κ3) is 3.34. The van der Waals surface area contributed by atoms with E-state index in [-0.39, 0.29) is 0 Å². The predicted molar refractivity (Wildman–Crippen MR) is 77.1 cm³/mol. The summed E-state index contributed by atoms with van der Waals surface area (Å²) in [6.45, 7) is 7.80. The maximum atomic E-state index is 12.1. The number of ether oxygens (including phenoxy) is 1. The van der Waals surface area contributed by atoms with Gasteiger partial charge in [-0.2, -0.15) is 5.10 Å². The molecule has 116 valence electrons. The van der Waals surface area contributed by atoms with Crippen LogP contribution in [0.1, 0.15) is 34.1 Å². The molecule has 0 radical (unpaired) electrons. The van der Waals surface area contributed by atoms with Crippen LogP contribution in [-0.4, -0.2) is 52.0 Å². The van der Waals surface area contributed by atoms with Gasteiger partial charge in [0.15, 0.2) is 5.54 Å². The summed E-state index contributed by atoms with van der Waals surface area (Å²) >= 11 is 0. The number of carbonyl (C=O) groups is 2. The number of carboxylic acids is 1. The molecule has 7 heteroatoms. The average molecular weight is 295 g/mol. The number of hydrogen-bond donors (Lipinski definition) is 2. The van der Waals surface area contributed by atoms with Crippen molar-refractivity contribution in [3.8, 4) is 0 Å². The largest absolute Gasteiger partial charge is 0.479 e. The number of carbonyl (C=O) groups excluding carboxylic acids is 1. The minimum absolute atomic E-state index is 0.318. The maximum Gasteiger partial charge on any atom is 0.410 e. The van der Waals surface area contributed by atoms with Crippen molar-refractivity contribution < 1.29 is 19.4 Å². The minimum Gasteiger partial charge on any atom is -0.479 e. The van der Waals surface area contributed by atoms with Crippen LogP contribution < -0.4 is 5.43 Å². The molecule has 2 aliphatic rings. The Hall–Kier alpha value is -2.05. The number of piperidine rings is 1. The highest BCUT2D eigenvalue weighted by Crippen LogP contribution is 2.23. The molecular formula is C14H21N3O4. The number of likely N-dealkylation sites (tertiary alicyclic amines) is 1. The molecule has 0 spiro atoms.